The average Bonchev–Trinajstić information content (AvgIpc) is 2.89. The van der Waals surface area contributed by atoms with Gasteiger partial charge < -0.3 is 0 Å². The van der Waals surface area contributed by atoms with Gasteiger partial charge in [-0.15, -0.1) is 0 Å². The van der Waals surface area contributed by atoms with E-state index < -0.39 is 15.3 Å². The van der Waals surface area contributed by atoms with Crippen LogP contribution in [0.5, 0.6) is 0 Å². The van der Waals surface area contributed by atoms with Crippen LogP contribution in [0.2, 0.25) is 0 Å². The summed E-state index contributed by atoms with van der Waals surface area (Å²) in [6.07, 6.45) is 1.71. The van der Waals surface area contributed by atoms with Crippen molar-refractivity contribution >= 4 is 20.9 Å². The molecule has 1 fully saturated rings. The molecule has 22 heavy (non-hydrogen) atoms. The van der Waals surface area contributed by atoms with Crippen LogP contribution in [0.1, 0.15) is 18.5 Å². The van der Waals surface area contributed by atoms with Gasteiger partial charge in [-0.1, -0.05) is 25.1 Å². The number of hydrogen-bond acceptors (Lipinski definition) is 5. The van der Waals surface area contributed by atoms with Crippen LogP contribution in [0.25, 0.3) is 10.9 Å². The van der Waals surface area contributed by atoms with Crippen LogP contribution < -0.4 is 4.72 Å². The van der Waals surface area contributed by atoms with Gasteiger partial charge in [-0.25, -0.2) is 13.1 Å². The van der Waals surface area contributed by atoms with Crippen molar-refractivity contribution in [2.75, 3.05) is 20.2 Å². The van der Waals surface area contributed by atoms with Crippen LogP contribution in [0.3, 0.4) is 0 Å². The first-order chi connectivity index (χ1) is 10.5. The highest BCUT2D eigenvalue weighted by Gasteiger charge is 2.43. The first-order valence-corrected chi connectivity index (χ1v) is 8.77. The van der Waals surface area contributed by atoms with Crippen LogP contribution in [-0.2, 0) is 14.9 Å². The molecule has 1 aliphatic heterocycles. The maximum atomic E-state index is 12.5. The number of benzene rings is 1. The second-order valence-electron chi connectivity index (χ2n) is 5.29. The van der Waals surface area contributed by atoms with Crippen LogP contribution in [0, 0.1) is 0 Å². The predicted octanol–water partition coefficient (Wildman–Crippen LogP) is 1.46. The first kappa shape index (κ1) is 15.4. The Balaban J connectivity index is 2.11. The van der Waals surface area contributed by atoms with Crippen molar-refractivity contribution in [3.8, 4) is 0 Å². The highest BCUT2D eigenvalue weighted by Crippen LogP contribution is 2.36. The minimum absolute atomic E-state index is 0.146. The molecular weight excluding hydrogens is 302 g/mol. The zero-order valence-corrected chi connectivity index (χ0v) is 13.4. The summed E-state index contributed by atoms with van der Waals surface area (Å²) in [6, 6.07) is 9.23. The standard InChI is InChI=1S/C15H19N3O3S/c1-3-17-22(19,20)14-10-21-18(2)15(14)12-8-9-16-13-7-5-4-6-11(12)13/h4-9,14-15,17H,3,10H2,1-2H3. The van der Waals surface area contributed by atoms with E-state index in [9.17, 15) is 8.42 Å². The SMILES string of the molecule is CCNS(=O)(=O)C1CON(C)C1c1ccnc2ccccc12. The molecule has 7 heteroatoms. The van der Waals surface area contributed by atoms with E-state index in [2.05, 4.69) is 9.71 Å². The van der Waals surface area contributed by atoms with E-state index in [1.54, 1.807) is 25.2 Å². The lowest BCUT2D eigenvalue weighted by atomic mass is 10.00. The Morgan fingerprint density at radius 2 is 2.14 bits per heavy atom. The van der Waals surface area contributed by atoms with Gasteiger partial charge in [0.25, 0.3) is 0 Å². The van der Waals surface area contributed by atoms with Gasteiger partial charge in [-0.2, -0.15) is 5.06 Å². The molecule has 1 saturated heterocycles. The van der Waals surface area contributed by atoms with E-state index in [0.29, 0.717) is 6.54 Å². The largest absolute Gasteiger partial charge is 0.297 e. The molecule has 1 N–H and O–H groups in total. The van der Waals surface area contributed by atoms with E-state index >= 15 is 0 Å². The molecule has 1 aromatic heterocycles. The summed E-state index contributed by atoms with van der Waals surface area (Å²) in [5.41, 5.74) is 1.76. The van der Waals surface area contributed by atoms with Gasteiger partial charge in [0.2, 0.25) is 10.0 Å². The molecular formula is C15H19N3O3S. The summed E-state index contributed by atoms with van der Waals surface area (Å²) in [5, 5.41) is 1.92. The highest BCUT2D eigenvalue weighted by molar-refractivity contribution is 7.90. The lowest BCUT2D eigenvalue weighted by molar-refractivity contribution is -0.110. The fourth-order valence-corrected chi connectivity index (χ4v) is 4.45. The van der Waals surface area contributed by atoms with Crippen LogP contribution >= 0.6 is 0 Å². The molecule has 2 unspecified atom stereocenters. The zero-order valence-electron chi connectivity index (χ0n) is 12.6. The molecule has 0 saturated carbocycles. The van der Waals surface area contributed by atoms with Crippen molar-refractivity contribution in [3.63, 3.8) is 0 Å². The van der Waals surface area contributed by atoms with Gasteiger partial charge >= 0.3 is 0 Å². The van der Waals surface area contributed by atoms with Crippen molar-refractivity contribution in [3.05, 3.63) is 42.1 Å². The topological polar surface area (TPSA) is 71.5 Å². The van der Waals surface area contributed by atoms with Gasteiger partial charge in [0, 0.05) is 25.2 Å². The van der Waals surface area contributed by atoms with Gasteiger partial charge in [0.05, 0.1) is 18.2 Å². The summed E-state index contributed by atoms with van der Waals surface area (Å²) >= 11 is 0. The zero-order chi connectivity index (χ0) is 15.7. The fraction of sp³-hybridized carbons (Fsp3) is 0.400. The quantitative estimate of drug-likeness (QED) is 0.923. The number of rotatable bonds is 4. The molecule has 6 nitrogen and oxygen atoms in total. The number of sulfonamides is 1. The van der Waals surface area contributed by atoms with E-state index in [1.165, 1.54) is 0 Å². The molecule has 2 atom stereocenters. The molecule has 0 aliphatic carbocycles. The number of nitrogens with zero attached hydrogens (tertiary/aromatic N) is 2. The Morgan fingerprint density at radius 3 is 2.91 bits per heavy atom. The molecule has 0 spiro atoms. The monoisotopic (exact) mass is 321 g/mol. The van der Waals surface area contributed by atoms with E-state index in [0.717, 1.165) is 16.5 Å². The average molecular weight is 321 g/mol. The Morgan fingerprint density at radius 1 is 1.36 bits per heavy atom. The number of pyridine rings is 1. The number of para-hydroxylation sites is 1. The third kappa shape index (κ3) is 2.61. The van der Waals surface area contributed by atoms with Crippen molar-refractivity contribution < 1.29 is 13.3 Å². The van der Waals surface area contributed by atoms with Gasteiger partial charge in [-0.05, 0) is 17.7 Å². The number of nitrogens with one attached hydrogen (secondary N) is 1. The summed E-state index contributed by atoms with van der Waals surface area (Å²) in [5.74, 6) is 0. The summed E-state index contributed by atoms with van der Waals surface area (Å²) in [6.45, 7) is 2.29. The van der Waals surface area contributed by atoms with Crippen LogP contribution in [-0.4, -0.2) is 43.9 Å². The Kier molecular flexibility index (Phi) is 4.14. The molecule has 2 aromatic rings. The van der Waals surface area contributed by atoms with E-state index in [4.69, 9.17) is 4.84 Å². The molecule has 0 amide bonds. The van der Waals surface area contributed by atoms with E-state index in [-0.39, 0.29) is 12.6 Å². The fourth-order valence-electron chi connectivity index (χ4n) is 2.94. The number of hydroxylamine groups is 2. The molecule has 118 valence electrons. The smallest absolute Gasteiger partial charge is 0.218 e. The lowest BCUT2D eigenvalue weighted by Gasteiger charge is -2.24. The number of hydrogen-bond donors (Lipinski definition) is 1. The molecule has 1 aliphatic rings. The third-order valence-corrected chi connectivity index (χ3v) is 5.81. The van der Waals surface area contributed by atoms with Crippen LogP contribution in [0.15, 0.2) is 36.5 Å². The maximum absolute atomic E-state index is 12.5. The summed E-state index contributed by atoms with van der Waals surface area (Å²) < 4.78 is 27.5. The van der Waals surface area contributed by atoms with Crippen molar-refractivity contribution in [2.45, 2.75) is 18.2 Å². The van der Waals surface area contributed by atoms with Crippen molar-refractivity contribution in [1.82, 2.24) is 14.8 Å². The maximum Gasteiger partial charge on any atom is 0.218 e. The predicted molar refractivity (Wildman–Crippen MR) is 84.6 cm³/mol. The normalized spacial score (nSPS) is 23.2. The summed E-state index contributed by atoms with van der Waals surface area (Å²) in [7, 11) is -1.68. The third-order valence-electron chi connectivity index (χ3n) is 3.93. The lowest BCUT2D eigenvalue weighted by Crippen LogP contribution is -2.39. The molecule has 0 bridgehead atoms. The second kappa shape index (κ2) is 5.92. The number of aromatic nitrogens is 1. The van der Waals surface area contributed by atoms with Gasteiger partial charge in [0.15, 0.2) is 0 Å². The second-order valence-corrected chi connectivity index (χ2v) is 7.27. The minimum atomic E-state index is -3.45. The van der Waals surface area contributed by atoms with Crippen LogP contribution in [0.4, 0.5) is 0 Å². The minimum Gasteiger partial charge on any atom is -0.297 e. The molecule has 1 aromatic carbocycles. The van der Waals surface area contributed by atoms with Gasteiger partial charge in [0.1, 0.15) is 5.25 Å². The molecule has 3 rings (SSSR count). The Labute approximate surface area is 130 Å². The molecule has 2 heterocycles. The van der Waals surface area contributed by atoms with E-state index in [1.807, 2.05) is 30.3 Å². The first-order valence-electron chi connectivity index (χ1n) is 7.22. The van der Waals surface area contributed by atoms with Gasteiger partial charge in [-0.3, -0.25) is 9.82 Å². The van der Waals surface area contributed by atoms with Crippen molar-refractivity contribution in [1.29, 1.82) is 0 Å². The highest BCUT2D eigenvalue weighted by atomic mass is 32.2. The van der Waals surface area contributed by atoms with Crippen molar-refractivity contribution in [2.24, 2.45) is 0 Å². The number of fused-ring (bicyclic) bond motifs is 1. The Bertz CT molecular complexity index is 773. The Hall–Kier alpha value is -1.54. The molecule has 0 radical (unpaired) electrons. The summed E-state index contributed by atoms with van der Waals surface area (Å²) in [4.78, 5) is 9.85.